The Kier molecular flexibility index (Phi) is 2.84. The Hall–Kier alpha value is -1.84. The van der Waals surface area contributed by atoms with Gasteiger partial charge in [-0.3, -0.25) is 4.98 Å². The minimum Gasteiger partial charge on any atom is -0.320 e. The van der Waals surface area contributed by atoms with Gasteiger partial charge in [0.2, 0.25) is 0 Å². The van der Waals surface area contributed by atoms with Crippen molar-refractivity contribution in [1.82, 2.24) is 4.98 Å². The third-order valence-corrected chi connectivity index (χ3v) is 1.20. The van der Waals surface area contributed by atoms with Crippen molar-refractivity contribution >= 4 is 0 Å². The van der Waals surface area contributed by atoms with Gasteiger partial charge in [0.1, 0.15) is 6.07 Å². The van der Waals surface area contributed by atoms with Gasteiger partial charge < -0.3 is 5.73 Å². The fourth-order valence-electron chi connectivity index (χ4n) is 0.723. The third kappa shape index (κ3) is 2.09. The Balaban J connectivity index is 2.96. The van der Waals surface area contributed by atoms with Gasteiger partial charge in [-0.15, -0.1) is 0 Å². The summed E-state index contributed by atoms with van der Waals surface area (Å²) in [5.74, 6) is 5.47. The first-order chi connectivity index (χ1) is 5.86. The van der Waals surface area contributed by atoms with Crippen LogP contribution in [0, 0.1) is 23.2 Å². The minimum atomic E-state index is 0.316. The van der Waals surface area contributed by atoms with E-state index in [0.717, 1.165) is 5.56 Å². The molecule has 12 heavy (non-hydrogen) atoms. The first kappa shape index (κ1) is 8.26. The van der Waals surface area contributed by atoms with Crippen LogP contribution in [-0.2, 0) is 0 Å². The van der Waals surface area contributed by atoms with Gasteiger partial charge in [-0.1, -0.05) is 11.8 Å². The molecule has 0 aromatic carbocycles. The van der Waals surface area contributed by atoms with E-state index in [1.54, 1.807) is 12.3 Å². The monoisotopic (exact) mass is 157 g/mol. The first-order valence-electron chi connectivity index (χ1n) is 3.41. The van der Waals surface area contributed by atoms with Crippen LogP contribution in [0.4, 0.5) is 0 Å². The van der Waals surface area contributed by atoms with Gasteiger partial charge in [-0.25, -0.2) is 0 Å². The molecule has 0 radical (unpaired) electrons. The van der Waals surface area contributed by atoms with Gasteiger partial charge in [0.25, 0.3) is 0 Å². The number of aromatic nitrogens is 1. The lowest BCUT2D eigenvalue weighted by molar-refractivity contribution is 1.28. The number of nitrogens with two attached hydrogens (primary N) is 1. The molecule has 0 spiro atoms. The van der Waals surface area contributed by atoms with Crippen LogP contribution in [0.15, 0.2) is 18.5 Å². The van der Waals surface area contributed by atoms with Gasteiger partial charge in [-0.05, 0) is 6.07 Å². The summed E-state index contributed by atoms with van der Waals surface area (Å²) in [7, 11) is 0. The molecule has 0 amide bonds. The fraction of sp³-hybridized carbons (Fsp3) is 0.111. The van der Waals surface area contributed by atoms with Gasteiger partial charge in [0.15, 0.2) is 0 Å². The molecule has 1 aromatic heterocycles. The van der Waals surface area contributed by atoms with Crippen molar-refractivity contribution in [3.05, 3.63) is 29.6 Å². The van der Waals surface area contributed by atoms with Crippen molar-refractivity contribution in [3.63, 3.8) is 0 Å². The zero-order valence-electron chi connectivity index (χ0n) is 6.41. The zero-order valence-corrected chi connectivity index (χ0v) is 6.41. The summed E-state index contributed by atoms with van der Waals surface area (Å²) in [6, 6.07) is 3.66. The van der Waals surface area contributed by atoms with Crippen LogP contribution in [0.2, 0.25) is 0 Å². The largest absolute Gasteiger partial charge is 0.320 e. The normalized spacial score (nSPS) is 8.00. The van der Waals surface area contributed by atoms with E-state index in [2.05, 4.69) is 16.8 Å². The summed E-state index contributed by atoms with van der Waals surface area (Å²) in [6.45, 7) is 0.316. The Morgan fingerprint density at radius 2 is 2.17 bits per heavy atom. The van der Waals surface area contributed by atoms with Crippen LogP contribution in [0.5, 0.6) is 0 Å². The number of nitriles is 1. The summed E-state index contributed by atoms with van der Waals surface area (Å²) in [4.78, 5) is 3.84. The molecule has 0 atom stereocenters. The van der Waals surface area contributed by atoms with Gasteiger partial charge in [-0.2, -0.15) is 5.26 Å². The summed E-state index contributed by atoms with van der Waals surface area (Å²) in [5.41, 5.74) is 6.42. The molecule has 0 fully saturated rings. The van der Waals surface area contributed by atoms with E-state index in [4.69, 9.17) is 11.0 Å². The van der Waals surface area contributed by atoms with Crippen molar-refractivity contribution in [2.45, 2.75) is 0 Å². The predicted molar refractivity (Wildman–Crippen MR) is 44.9 cm³/mol. The zero-order chi connectivity index (χ0) is 8.81. The average molecular weight is 157 g/mol. The third-order valence-electron chi connectivity index (χ3n) is 1.20. The second-order valence-corrected chi connectivity index (χ2v) is 2.08. The predicted octanol–water partition coefficient (Wildman–Crippen LogP) is 0.263. The quantitative estimate of drug-likeness (QED) is 0.549. The van der Waals surface area contributed by atoms with Crippen molar-refractivity contribution in [1.29, 1.82) is 5.26 Å². The number of rotatable bonds is 0. The molecule has 1 heterocycles. The molecule has 0 saturated heterocycles. The fourth-order valence-corrected chi connectivity index (χ4v) is 0.723. The van der Waals surface area contributed by atoms with Crippen LogP contribution in [0.1, 0.15) is 11.1 Å². The summed E-state index contributed by atoms with van der Waals surface area (Å²) >= 11 is 0. The maximum Gasteiger partial charge on any atom is 0.101 e. The molecule has 0 aliphatic heterocycles. The molecule has 0 bridgehead atoms. The SMILES string of the molecule is N#Cc1cncc(C#CCN)c1. The van der Waals surface area contributed by atoms with Crippen LogP contribution in [0.3, 0.4) is 0 Å². The highest BCUT2D eigenvalue weighted by molar-refractivity contribution is 5.38. The molecule has 1 rings (SSSR count). The van der Waals surface area contributed by atoms with Gasteiger partial charge in [0.05, 0.1) is 12.1 Å². The van der Waals surface area contributed by atoms with E-state index in [0.29, 0.717) is 12.1 Å². The molecule has 0 aliphatic rings. The minimum absolute atomic E-state index is 0.316. The number of hydrogen-bond acceptors (Lipinski definition) is 3. The second kappa shape index (κ2) is 4.12. The highest BCUT2D eigenvalue weighted by Crippen LogP contribution is 1.98. The highest BCUT2D eigenvalue weighted by atomic mass is 14.6. The van der Waals surface area contributed by atoms with E-state index >= 15 is 0 Å². The molecule has 3 nitrogen and oxygen atoms in total. The van der Waals surface area contributed by atoms with E-state index in [1.807, 2.05) is 6.07 Å². The Morgan fingerprint density at radius 3 is 2.83 bits per heavy atom. The average Bonchev–Trinajstić information content (AvgIpc) is 2.15. The molecular weight excluding hydrogens is 150 g/mol. The molecular formula is C9H7N3. The van der Waals surface area contributed by atoms with E-state index in [-0.39, 0.29) is 0 Å². The summed E-state index contributed by atoms with van der Waals surface area (Å²) < 4.78 is 0. The lowest BCUT2D eigenvalue weighted by atomic mass is 10.2. The van der Waals surface area contributed by atoms with Crippen molar-refractivity contribution in [2.75, 3.05) is 6.54 Å². The molecule has 2 N–H and O–H groups in total. The topological polar surface area (TPSA) is 62.7 Å². The molecule has 3 heteroatoms. The maximum atomic E-state index is 8.52. The van der Waals surface area contributed by atoms with E-state index in [1.165, 1.54) is 6.20 Å². The van der Waals surface area contributed by atoms with Crippen LogP contribution >= 0.6 is 0 Å². The Morgan fingerprint density at radius 1 is 1.42 bits per heavy atom. The van der Waals surface area contributed by atoms with Crippen molar-refractivity contribution in [3.8, 4) is 17.9 Å². The van der Waals surface area contributed by atoms with Gasteiger partial charge in [0, 0.05) is 18.0 Å². The van der Waals surface area contributed by atoms with Crippen molar-refractivity contribution in [2.24, 2.45) is 5.73 Å². The van der Waals surface area contributed by atoms with Gasteiger partial charge >= 0.3 is 0 Å². The molecule has 0 saturated carbocycles. The lowest BCUT2D eigenvalue weighted by Gasteiger charge is -1.88. The summed E-state index contributed by atoms with van der Waals surface area (Å²) in [6.07, 6.45) is 3.09. The first-order valence-corrected chi connectivity index (χ1v) is 3.41. The maximum absolute atomic E-state index is 8.52. The molecule has 58 valence electrons. The number of pyridine rings is 1. The van der Waals surface area contributed by atoms with Crippen molar-refractivity contribution < 1.29 is 0 Å². The molecule has 0 unspecified atom stereocenters. The van der Waals surface area contributed by atoms with E-state index in [9.17, 15) is 0 Å². The van der Waals surface area contributed by atoms with E-state index < -0.39 is 0 Å². The smallest absolute Gasteiger partial charge is 0.101 e. The Labute approximate surface area is 70.8 Å². The molecule has 0 aliphatic carbocycles. The van der Waals surface area contributed by atoms with Crippen LogP contribution in [0.25, 0.3) is 0 Å². The van der Waals surface area contributed by atoms with Crippen LogP contribution in [-0.4, -0.2) is 11.5 Å². The molecule has 1 aromatic rings. The second-order valence-electron chi connectivity index (χ2n) is 2.08. The Bertz CT molecular complexity index is 365. The summed E-state index contributed by atoms with van der Waals surface area (Å²) in [5, 5.41) is 8.52. The van der Waals surface area contributed by atoms with Crippen LogP contribution < -0.4 is 5.73 Å². The number of nitrogens with zero attached hydrogens (tertiary/aromatic N) is 2. The highest BCUT2D eigenvalue weighted by Gasteiger charge is 1.90. The standard InChI is InChI=1S/C9H7N3/c10-3-1-2-8-4-9(5-11)7-12-6-8/h4,6-7H,3,10H2. The number of hydrogen-bond donors (Lipinski definition) is 1. The lowest BCUT2D eigenvalue weighted by Crippen LogP contribution is -1.93.